The third-order valence-corrected chi connectivity index (χ3v) is 5.28. The Kier molecular flexibility index (Phi) is 4.58. The number of nitrogens with zero attached hydrogens (tertiary/aromatic N) is 2. The SMILES string of the molecule is CC(=O)N1CCc2cc(N3C[C@@H](C(=O)Nc4ccccc4F)CC3=O)ccc21. The van der Waals surface area contributed by atoms with Crippen molar-refractivity contribution in [3.8, 4) is 0 Å². The van der Waals surface area contributed by atoms with Gasteiger partial charge in [-0.05, 0) is 42.3 Å². The zero-order valence-electron chi connectivity index (χ0n) is 15.4. The van der Waals surface area contributed by atoms with E-state index in [0.29, 0.717) is 6.54 Å². The van der Waals surface area contributed by atoms with Gasteiger partial charge in [-0.25, -0.2) is 4.39 Å². The van der Waals surface area contributed by atoms with E-state index >= 15 is 0 Å². The quantitative estimate of drug-likeness (QED) is 0.889. The summed E-state index contributed by atoms with van der Waals surface area (Å²) in [5, 5.41) is 2.57. The standard InChI is InChI=1S/C21H20FN3O3/c1-13(26)24-9-8-14-10-16(6-7-19(14)24)25-12-15(11-20(25)27)21(28)23-18-5-3-2-4-17(18)22/h2-7,10,15H,8-9,11-12H2,1H3,(H,23,28)/t15-/m0/s1. The van der Waals surface area contributed by atoms with Crippen molar-refractivity contribution in [2.24, 2.45) is 5.92 Å². The van der Waals surface area contributed by atoms with Gasteiger partial charge in [0.05, 0.1) is 11.6 Å². The summed E-state index contributed by atoms with van der Waals surface area (Å²) in [4.78, 5) is 40.0. The molecule has 1 N–H and O–H groups in total. The molecule has 2 aromatic rings. The van der Waals surface area contributed by atoms with Crippen LogP contribution >= 0.6 is 0 Å². The lowest BCUT2D eigenvalue weighted by molar-refractivity contribution is -0.122. The number of rotatable bonds is 3. The molecule has 0 aromatic heterocycles. The Bertz CT molecular complexity index is 975. The molecule has 6 nitrogen and oxygen atoms in total. The molecule has 2 heterocycles. The molecule has 3 amide bonds. The van der Waals surface area contributed by atoms with Crippen LogP contribution in [0.4, 0.5) is 21.5 Å². The number of para-hydroxylation sites is 1. The molecule has 0 aliphatic carbocycles. The van der Waals surface area contributed by atoms with Crippen molar-refractivity contribution in [1.29, 1.82) is 0 Å². The Morgan fingerprint density at radius 2 is 1.96 bits per heavy atom. The smallest absolute Gasteiger partial charge is 0.229 e. The van der Waals surface area contributed by atoms with Gasteiger partial charge >= 0.3 is 0 Å². The van der Waals surface area contributed by atoms with Gasteiger partial charge in [-0.1, -0.05) is 12.1 Å². The number of carbonyl (C=O) groups excluding carboxylic acids is 3. The topological polar surface area (TPSA) is 69.7 Å². The second kappa shape index (κ2) is 7.07. The van der Waals surface area contributed by atoms with E-state index in [4.69, 9.17) is 0 Å². The van der Waals surface area contributed by atoms with Crippen LogP contribution in [0.25, 0.3) is 0 Å². The molecule has 1 saturated heterocycles. The molecule has 0 bridgehead atoms. The fourth-order valence-electron chi connectivity index (χ4n) is 3.81. The number of carbonyl (C=O) groups is 3. The Balaban J connectivity index is 1.49. The molecule has 4 rings (SSSR count). The van der Waals surface area contributed by atoms with Crippen LogP contribution in [0.15, 0.2) is 42.5 Å². The molecule has 1 atom stereocenters. The third kappa shape index (κ3) is 3.24. The van der Waals surface area contributed by atoms with Gasteiger partial charge in [-0.15, -0.1) is 0 Å². The molecule has 28 heavy (non-hydrogen) atoms. The molecule has 144 valence electrons. The van der Waals surface area contributed by atoms with Gasteiger partial charge in [0.15, 0.2) is 0 Å². The average molecular weight is 381 g/mol. The summed E-state index contributed by atoms with van der Waals surface area (Å²) in [6.45, 7) is 2.41. The fourth-order valence-corrected chi connectivity index (χ4v) is 3.81. The van der Waals surface area contributed by atoms with Gasteiger partial charge in [-0.3, -0.25) is 14.4 Å². The Morgan fingerprint density at radius 3 is 2.71 bits per heavy atom. The number of amides is 3. The second-order valence-electron chi connectivity index (χ2n) is 7.11. The van der Waals surface area contributed by atoms with E-state index in [1.54, 1.807) is 28.0 Å². The lowest BCUT2D eigenvalue weighted by Gasteiger charge is -2.19. The summed E-state index contributed by atoms with van der Waals surface area (Å²) >= 11 is 0. The van der Waals surface area contributed by atoms with Gasteiger partial charge in [0.1, 0.15) is 5.82 Å². The maximum Gasteiger partial charge on any atom is 0.229 e. The van der Waals surface area contributed by atoms with Crippen LogP contribution in [0.2, 0.25) is 0 Å². The van der Waals surface area contributed by atoms with Crippen molar-refractivity contribution in [3.63, 3.8) is 0 Å². The monoisotopic (exact) mass is 381 g/mol. The number of halogens is 1. The minimum absolute atomic E-state index is 0.00590. The van der Waals surface area contributed by atoms with Crippen LogP contribution < -0.4 is 15.1 Å². The number of hydrogen-bond donors (Lipinski definition) is 1. The van der Waals surface area contributed by atoms with Crippen LogP contribution in [0, 0.1) is 11.7 Å². The van der Waals surface area contributed by atoms with E-state index in [2.05, 4.69) is 5.32 Å². The van der Waals surface area contributed by atoms with Crippen LogP contribution in [0.3, 0.4) is 0 Å². The fraction of sp³-hybridized carbons (Fsp3) is 0.286. The summed E-state index contributed by atoms with van der Waals surface area (Å²) < 4.78 is 13.8. The summed E-state index contributed by atoms with van der Waals surface area (Å²) in [7, 11) is 0. The van der Waals surface area contributed by atoms with Crippen LogP contribution in [-0.4, -0.2) is 30.8 Å². The first-order chi connectivity index (χ1) is 13.4. The highest BCUT2D eigenvalue weighted by atomic mass is 19.1. The highest BCUT2D eigenvalue weighted by Crippen LogP contribution is 2.34. The second-order valence-corrected chi connectivity index (χ2v) is 7.11. The van der Waals surface area contributed by atoms with Gasteiger partial charge < -0.3 is 15.1 Å². The Labute approximate surface area is 161 Å². The van der Waals surface area contributed by atoms with E-state index in [1.165, 1.54) is 19.1 Å². The lowest BCUT2D eigenvalue weighted by Crippen LogP contribution is -2.28. The zero-order chi connectivity index (χ0) is 19.8. The van der Waals surface area contributed by atoms with Gasteiger partial charge in [0.2, 0.25) is 17.7 Å². The molecule has 0 unspecified atom stereocenters. The number of nitrogens with one attached hydrogen (secondary N) is 1. The van der Waals surface area contributed by atoms with Gasteiger partial charge in [-0.2, -0.15) is 0 Å². The number of fused-ring (bicyclic) bond motifs is 1. The van der Waals surface area contributed by atoms with Crippen LogP contribution in [0.5, 0.6) is 0 Å². The number of benzene rings is 2. The molecular formula is C21H20FN3O3. The van der Waals surface area contributed by atoms with Crippen LogP contribution in [0.1, 0.15) is 18.9 Å². The molecule has 2 aliphatic rings. The highest BCUT2D eigenvalue weighted by Gasteiger charge is 2.36. The normalized spacial score (nSPS) is 18.4. The van der Waals surface area contributed by atoms with E-state index in [1.807, 2.05) is 12.1 Å². The predicted octanol–water partition coefficient (Wildman–Crippen LogP) is 2.73. The van der Waals surface area contributed by atoms with Crippen molar-refractivity contribution < 1.29 is 18.8 Å². The molecule has 7 heteroatoms. The zero-order valence-corrected chi connectivity index (χ0v) is 15.4. The predicted molar refractivity (Wildman–Crippen MR) is 104 cm³/mol. The van der Waals surface area contributed by atoms with E-state index in [0.717, 1.165) is 23.4 Å². The van der Waals surface area contributed by atoms with Crippen molar-refractivity contribution in [1.82, 2.24) is 0 Å². The Morgan fingerprint density at radius 1 is 1.18 bits per heavy atom. The van der Waals surface area contributed by atoms with Crippen LogP contribution in [-0.2, 0) is 20.8 Å². The summed E-state index contributed by atoms with van der Waals surface area (Å²) in [5.74, 6) is -1.58. The summed E-state index contributed by atoms with van der Waals surface area (Å²) in [6.07, 6.45) is 0.818. The first-order valence-corrected chi connectivity index (χ1v) is 9.21. The molecule has 1 fully saturated rings. The van der Waals surface area contributed by atoms with E-state index < -0.39 is 11.7 Å². The minimum Gasteiger partial charge on any atom is -0.323 e. The van der Waals surface area contributed by atoms with Gasteiger partial charge in [0.25, 0.3) is 0 Å². The van der Waals surface area contributed by atoms with Gasteiger partial charge in [0, 0.05) is 37.8 Å². The molecular weight excluding hydrogens is 361 g/mol. The molecule has 2 aliphatic heterocycles. The van der Waals surface area contributed by atoms with Crippen molar-refractivity contribution in [2.45, 2.75) is 19.8 Å². The number of hydrogen-bond acceptors (Lipinski definition) is 3. The van der Waals surface area contributed by atoms with Crippen molar-refractivity contribution >= 4 is 34.8 Å². The lowest BCUT2D eigenvalue weighted by atomic mass is 10.1. The Hall–Kier alpha value is -3.22. The summed E-state index contributed by atoms with van der Waals surface area (Å²) in [6, 6.07) is 11.5. The largest absolute Gasteiger partial charge is 0.323 e. The average Bonchev–Trinajstić information content (AvgIpc) is 3.26. The highest BCUT2D eigenvalue weighted by molar-refractivity contribution is 6.04. The molecule has 0 spiro atoms. The first-order valence-electron chi connectivity index (χ1n) is 9.21. The molecule has 0 saturated carbocycles. The third-order valence-electron chi connectivity index (χ3n) is 5.28. The number of anilines is 3. The van der Waals surface area contributed by atoms with E-state index in [9.17, 15) is 18.8 Å². The maximum absolute atomic E-state index is 13.8. The first kappa shape index (κ1) is 18.2. The summed E-state index contributed by atoms with van der Waals surface area (Å²) in [5.41, 5.74) is 2.71. The maximum atomic E-state index is 13.8. The van der Waals surface area contributed by atoms with Crippen molar-refractivity contribution in [2.75, 3.05) is 28.2 Å². The van der Waals surface area contributed by atoms with Crippen molar-refractivity contribution in [3.05, 3.63) is 53.8 Å². The minimum atomic E-state index is -0.547. The molecule has 2 aromatic carbocycles. The van der Waals surface area contributed by atoms with E-state index in [-0.39, 0.29) is 36.4 Å². The molecule has 0 radical (unpaired) electrons.